The van der Waals surface area contributed by atoms with E-state index in [1.165, 1.54) is 50.5 Å². The predicted octanol–water partition coefficient (Wildman–Crippen LogP) is 3.84. The van der Waals surface area contributed by atoms with Gasteiger partial charge < -0.3 is 15.4 Å². The molecule has 4 nitrogen and oxygen atoms in total. The lowest BCUT2D eigenvalue weighted by molar-refractivity contribution is 0.155. The molecule has 5 heteroatoms. The molecule has 0 atom stereocenters. The molecule has 0 radical (unpaired) electrons. The van der Waals surface area contributed by atoms with Crippen molar-refractivity contribution >= 4 is 29.9 Å². The average Bonchev–Trinajstić information content (AvgIpc) is 3.38. The van der Waals surface area contributed by atoms with Crippen molar-refractivity contribution in [2.24, 2.45) is 4.99 Å². The molecule has 0 bridgehead atoms. The molecule has 2 fully saturated rings. The molecular formula is C18H28IN3O. The van der Waals surface area contributed by atoms with Gasteiger partial charge in [-0.05, 0) is 56.2 Å². The largest absolute Gasteiger partial charge is 0.490 e. The van der Waals surface area contributed by atoms with E-state index in [1.54, 1.807) is 0 Å². The van der Waals surface area contributed by atoms with Gasteiger partial charge in [0.2, 0.25) is 0 Å². The van der Waals surface area contributed by atoms with Crippen molar-refractivity contribution in [2.45, 2.75) is 63.6 Å². The van der Waals surface area contributed by atoms with Crippen molar-refractivity contribution < 1.29 is 4.74 Å². The molecule has 1 aromatic carbocycles. The first-order chi connectivity index (χ1) is 10.8. The van der Waals surface area contributed by atoms with Crippen LogP contribution in [0.25, 0.3) is 0 Å². The number of nitrogens with one attached hydrogen (secondary N) is 2. The molecule has 0 spiro atoms. The van der Waals surface area contributed by atoms with E-state index >= 15 is 0 Å². The van der Waals surface area contributed by atoms with Crippen LogP contribution in [0.1, 0.15) is 50.5 Å². The number of hydrogen-bond acceptors (Lipinski definition) is 2. The monoisotopic (exact) mass is 429 g/mol. The fourth-order valence-electron chi connectivity index (χ4n) is 2.86. The van der Waals surface area contributed by atoms with Crippen LogP contribution in [0.15, 0.2) is 29.3 Å². The summed E-state index contributed by atoms with van der Waals surface area (Å²) in [6.07, 6.45) is 9.31. The van der Waals surface area contributed by atoms with Crippen molar-refractivity contribution in [1.82, 2.24) is 10.6 Å². The van der Waals surface area contributed by atoms with Crippen LogP contribution in [0.5, 0.6) is 5.75 Å². The highest BCUT2D eigenvalue weighted by Crippen LogP contribution is 2.23. The van der Waals surface area contributed by atoms with Crippen LogP contribution in [0.2, 0.25) is 0 Å². The molecular weight excluding hydrogens is 401 g/mol. The van der Waals surface area contributed by atoms with Crippen molar-refractivity contribution in [1.29, 1.82) is 0 Å². The maximum atomic E-state index is 6.06. The molecule has 0 saturated heterocycles. The summed E-state index contributed by atoms with van der Waals surface area (Å²) in [6, 6.07) is 9.06. The van der Waals surface area contributed by atoms with Gasteiger partial charge in [-0.3, -0.25) is 4.99 Å². The molecule has 2 N–H and O–H groups in total. The lowest BCUT2D eigenvalue weighted by Crippen LogP contribution is -2.38. The second-order valence-corrected chi connectivity index (χ2v) is 6.37. The molecule has 2 aliphatic carbocycles. The van der Waals surface area contributed by atoms with Crippen LogP contribution in [0, 0.1) is 0 Å². The van der Waals surface area contributed by atoms with E-state index in [9.17, 15) is 0 Å². The number of rotatable bonds is 5. The predicted molar refractivity (Wildman–Crippen MR) is 106 cm³/mol. The minimum Gasteiger partial charge on any atom is -0.490 e. The highest BCUT2D eigenvalue weighted by atomic mass is 127. The summed E-state index contributed by atoms with van der Waals surface area (Å²) in [5.74, 6) is 1.89. The van der Waals surface area contributed by atoms with E-state index in [2.05, 4.69) is 39.9 Å². The van der Waals surface area contributed by atoms with Gasteiger partial charge in [0.05, 0.1) is 6.10 Å². The molecule has 23 heavy (non-hydrogen) atoms. The summed E-state index contributed by atoms with van der Waals surface area (Å²) in [6.45, 7) is 0.788. The smallest absolute Gasteiger partial charge is 0.191 e. The number of hydrogen-bond donors (Lipinski definition) is 2. The van der Waals surface area contributed by atoms with Gasteiger partial charge in [0.25, 0.3) is 0 Å². The number of guanidine groups is 1. The van der Waals surface area contributed by atoms with Crippen LogP contribution in [0.3, 0.4) is 0 Å². The Kier molecular flexibility index (Phi) is 7.46. The Morgan fingerprint density at radius 2 is 1.78 bits per heavy atom. The SMILES string of the molecule is CN=C(NCc1ccc(OC2CCCCC2)cc1)NC1CC1.I. The van der Waals surface area contributed by atoms with E-state index < -0.39 is 0 Å². The number of nitrogens with zero attached hydrogens (tertiary/aromatic N) is 1. The molecule has 2 saturated carbocycles. The lowest BCUT2D eigenvalue weighted by Gasteiger charge is -2.23. The highest BCUT2D eigenvalue weighted by molar-refractivity contribution is 14.0. The Morgan fingerprint density at radius 1 is 1.09 bits per heavy atom. The maximum absolute atomic E-state index is 6.06. The van der Waals surface area contributed by atoms with Crippen molar-refractivity contribution in [3.63, 3.8) is 0 Å². The van der Waals surface area contributed by atoms with E-state index in [1.807, 2.05) is 7.05 Å². The van der Waals surface area contributed by atoms with E-state index in [4.69, 9.17) is 4.74 Å². The zero-order chi connectivity index (χ0) is 15.2. The summed E-state index contributed by atoms with van der Waals surface area (Å²) in [5.41, 5.74) is 1.25. The molecule has 1 aromatic rings. The third-order valence-corrected chi connectivity index (χ3v) is 4.38. The fourth-order valence-corrected chi connectivity index (χ4v) is 2.86. The Bertz CT molecular complexity index is 493. The molecule has 0 amide bonds. The van der Waals surface area contributed by atoms with E-state index in [-0.39, 0.29) is 24.0 Å². The van der Waals surface area contributed by atoms with Gasteiger partial charge in [-0.1, -0.05) is 18.6 Å². The summed E-state index contributed by atoms with van der Waals surface area (Å²) in [5, 5.41) is 6.75. The number of benzene rings is 1. The summed E-state index contributed by atoms with van der Waals surface area (Å²) in [4.78, 5) is 4.25. The van der Waals surface area contributed by atoms with E-state index in [0.29, 0.717) is 12.1 Å². The number of halogens is 1. The van der Waals surface area contributed by atoms with Crippen LogP contribution in [0.4, 0.5) is 0 Å². The Morgan fingerprint density at radius 3 is 2.39 bits per heavy atom. The van der Waals surface area contributed by atoms with Crippen LogP contribution >= 0.6 is 24.0 Å². The van der Waals surface area contributed by atoms with Crippen molar-refractivity contribution in [3.8, 4) is 5.75 Å². The number of aliphatic imine (C=N–C) groups is 1. The lowest BCUT2D eigenvalue weighted by atomic mass is 9.98. The minimum atomic E-state index is 0. The van der Waals surface area contributed by atoms with Gasteiger partial charge in [0, 0.05) is 19.6 Å². The van der Waals surface area contributed by atoms with Gasteiger partial charge in [-0.25, -0.2) is 0 Å². The normalized spacial score (nSPS) is 18.9. The maximum Gasteiger partial charge on any atom is 0.191 e. The van der Waals surface area contributed by atoms with Gasteiger partial charge in [-0.15, -0.1) is 24.0 Å². The molecule has 0 heterocycles. The molecule has 2 aliphatic rings. The summed E-state index contributed by atoms with van der Waals surface area (Å²) >= 11 is 0. The van der Waals surface area contributed by atoms with Gasteiger partial charge >= 0.3 is 0 Å². The fraction of sp³-hybridized carbons (Fsp3) is 0.611. The first-order valence-electron chi connectivity index (χ1n) is 8.56. The first kappa shape index (κ1) is 18.4. The van der Waals surface area contributed by atoms with Gasteiger partial charge in [0.1, 0.15) is 5.75 Å². The third-order valence-electron chi connectivity index (χ3n) is 4.38. The standard InChI is InChI=1S/C18H27N3O.HI/c1-19-18(21-15-9-10-15)20-13-14-7-11-17(12-8-14)22-16-5-3-2-4-6-16;/h7-8,11-12,15-16H,2-6,9-10,13H2,1H3,(H2,19,20,21);1H. The van der Waals surface area contributed by atoms with Gasteiger partial charge in [-0.2, -0.15) is 0 Å². The van der Waals surface area contributed by atoms with Crippen LogP contribution in [-0.2, 0) is 6.54 Å². The second kappa shape index (κ2) is 9.35. The molecule has 128 valence electrons. The second-order valence-electron chi connectivity index (χ2n) is 6.37. The van der Waals surface area contributed by atoms with Crippen LogP contribution in [-0.4, -0.2) is 25.2 Å². The van der Waals surface area contributed by atoms with Crippen LogP contribution < -0.4 is 15.4 Å². The first-order valence-corrected chi connectivity index (χ1v) is 8.56. The molecule has 0 aliphatic heterocycles. The molecule has 3 rings (SSSR count). The zero-order valence-electron chi connectivity index (χ0n) is 13.9. The quantitative estimate of drug-likeness (QED) is 0.425. The molecule has 0 unspecified atom stereocenters. The Labute approximate surface area is 156 Å². The highest BCUT2D eigenvalue weighted by Gasteiger charge is 2.22. The van der Waals surface area contributed by atoms with Crippen molar-refractivity contribution in [2.75, 3.05) is 7.05 Å². The summed E-state index contributed by atoms with van der Waals surface area (Å²) < 4.78 is 6.06. The number of ether oxygens (including phenoxy) is 1. The average molecular weight is 429 g/mol. The van der Waals surface area contributed by atoms with Gasteiger partial charge in [0.15, 0.2) is 5.96 Å². The topological polar surface area (TPSA) is 45.7 Å². The minimum absolute atomic E-state index is 0. The van der Waals surface area contributed by atoms with E-state index in [0.717, 1.165) is 18.3 Å². The zero-order valence-corrected chi connectivity index (χ0v) is 16.2. The van der Waals surface area contributed by atoms with Crippen molar-refractivity contribution in [3.05, 3.63) is 29.8 Å². The third kappa shape index (κ3) is 6.20. The Balaban J connectivity index is 0.00000192. The Hall–Kier alpha value is -0.980. The summed E-state index contributed by atoms with van der Waals surface area (Å²) in [7, 11) is 1.82. The molecule has 0 aromatic heterocycles.